The van der Waals surface area contributed by atoms with Gasteiger partial charge in [-0.1, -0.05) is 13.8 Å². The van der Waals surface area contributed by atoms with E-state index in [9.17, 15) is 0 Å². The smallest absolute Gasteiger partial charge is 0.204 e. The van der Waals surface area contributed by atoms with Gasteiger partial charge in [0.25, 0.3) is 0 Å². The number of alkyl halides is 1. The minimum Gasteiger partial charge on any atom is -0.348 e. The molecule has 0 amide bonds. The van der Waals surface area contributed by atoms with Crippen molar-refractivity contribution in [2.45, 2.75) is 20.1 Å². The van der Waals surface area contributed by atoms with E-state index in [-0.39, 0.29) is 5.88 Å². The van der Waals surface area contributed by atoms with Crippen molar-refractivity contribution in [3.8, 4) is 0 Å². The van der Waals surface area contributed by atoms with E-state index in [1.54, 1.807) is 0 Å². The molecule has 0 aliphatic rings. The van der Waals surface area contributed by atoms with Crippen LogP contribution in [0.1, 0.15) is 13.8 Å². The zero-order valence-corrected chi connectivity index (χ0v) is 6.97. The molecule has 0 radical (unpaired) electrons. The van der Waals surface area contributed by atoms with E-state index in [4.69, 9.17) is 21.6 Å². The highest BCUT2D eigenvalue weighted by molar-refractivity contribution is 6.18. The van der Waals surface area contributed by atoms with Crippen LogP contribution in [0.4, 0.5) is 0 Å². The Hall–Kier alpha value is 0.170. The normalized spacial score (nSPS) is 14.1. The Bertz CT molecular complexity index is 73.4. The molecule has 0 aromatic carbocycles. The zero-order chi connectivity index (χ0) is 7.98. The first-order chi connectivity index (χ1) is 4.70. The van der Waals surface area contributed by atoms with Gasteiger partial charge in [-0.25, -0.2) is 10.1 Å². The lowest BCUT2D eigenvalue weighted by Gasteiger charge is -2.12. The van der Waals surface area contributed by atoms with Crippen LogP contribution in [0, 0.1) is 5.92 Å². The van der Waals surface area contributed by atoms with E-state index in [2.05, 4.69) is 4.89 Å². The summed E-state index contributed by atoms with van der Waals surface area (Å²) in [4.78, 5) is 3.90. The molecule has 1 unspecified atom stereocenters. The Morgan fingerprint density at radius 1 is 1.50 bits per heavy atom. The first kappa shape index (κ1) is 10.2. The van der Waals surface area contributed by atoms with E-state index in [0.717, 1.165) is 0 Å². The molecule has 0 aromatic rings. The first-order valence-corrected chi connectivity index (χ1v) is 3.72. The summed E-state index contributed by atoms with van der Waals surface area (Å²) in [6.45, 7) is 4.54. The molecule has 0 spiro atoms. The summed E-state index contributed by atoms with van der Waals surface area (Å²) in [5, 5.41) is 8.13. The second-order valence-corrected chi connectivity index (χ2v) is 2.73. The lowest BCUT2D eigenvalue weighted by atomic mass is 10.2. The van der Waals surface area contributed by atoms with Crippen LogP contribution >= 0.6 is 11.6 Å². The number of hydrogen-bond donors (Lipinski definition) is 1. The lowest BCUT2D eigenvalue weighted by molar-refractivity contribution is -0.339. The Labute approximate surface area is 65.8 Å². The van der Waals surface area contributed by atoms with Gasteiger partial charge in [0.05, 0.1) is 12.5 Å². The van der Waals surface area contributed by atoms with Gasteiger partial charge in [-0.3, -0.25) is 0 Å². The molecule has 0 aliphatic heterocycles. The summed E-state index contributed by atoms with van der Waals surface area (Å²) < 4.78 is 5.00. The van der Waals surface area contributed by atoms with Gasteiger partial charge in [-0.05, 0) is 5.92 Å². The molecule has 10 heavy (non-hydrogen) atoms. The van der Waals surface area contributed by atoms with Crippen molar-refractivity contribution in [3.05, 3.63) is 0 Å². The average Bonchev–Trinajstić information content (AvgIpc) is 1.90. The molecule has 1 N–H and O–H groups in total. The first-order valence-electron chi connectivity index (χ1n) is 3.18. The van der Waals surface area contributed by atoms with Gasteiger partial charge in [0.1, 0.15) is 0 Å². The van der Waals surface area contributed by atoms with Gasteiger partial charge in [0.15, 0.2) is 0 Å². The predicted molar refractivity (Wildman–Crippen MR) is 39.0 cm³/mol. The number of rotatable bonds is 5. The summed E-state index contributed by atoms with van der Waals surface area (Å²) in [7, 11) is 0. The standard InChI is InChI=1S/C6H13ClO3/c1-5(2)4-9-6(3-7)10-8/h5-6,8H,3-4H2,1-2H3. The SMILES string of the molecule is CC(C)COC(CCl)OO. The van der Waals surface area contributed by atoms with Gasteiger partial charge in [-0.15, -0.1) is 11.6 Å². The van der Waals surface area contributed by atoms with Crippen molar-refractivity contribution in [2.24, 2.45) is 5.92 Å². The molecule has 0 bridgehead atoms. The Morgan fingerprint density at radius 2 is 2.10 bits per heavy atom. The molecule has 0 rings (SSSR count). The third kappa shape index (κ3) is 4.99. The number of hydrogen-bond acceptors (Lipinski definition) is 3. The van der Waals surface area contributed by atoms with Gasteiger partial charge >= 0.3 is 0 Å². The molecule has 0 saturated heterocycles. The predicted octanol–water partition coefficient (Wildman–Crippen LogP) is 1.71. The highest BCUT2D eigenvalue weighted by atomic mass is 35.5. The average molecular weight is 169 g/mol. The van der Waals surface area contributed by atoms with Crippen LogP contribution in [0.2, 0.25) is 0 Å². The summed E-state index contributed by atoms with van der Waals surface area (Å²) in [6.07, 6.45) is -0.691. The highest BCUT2D eigenvalue weighted by Gasteiger charge is 2.07. The van der Waals surface area contributed by atoms with Crippen molar-refractivity contribution < 1.29 is 14.9 Å². The highest BCUT2D eigenvalue weighted by Crippen LogP contribution is 2.00. The Morgan fingerprint density at radius 3 is 2.40 bits per heavy atom. The van der Waals surface area contributed by atoms with Gasteiger partial charge in [-0.2, -0.15) is 0 Å². The fraction of sp³-hybridized carbons (Fsp3) is 1.00. The molecule has 3 nitrogen and oxygen atoms in total. The second kappa shape index (κ2) is 5.92. The van der Waals surface area contributed by atoms with Gasteiger partial charge in [0, 0.05) is 0 Å². The van der Waals surface area contributed by atoms with Crippen LogP contribution in [0.25, 0.3) is 0 Å². The van der Waals surface area contributed by atoms with E-state index in [1.807, 2.05) is 13.8 Å². The number of ether oxygens (including phenoxy) is 1. The quantitative estimate of drug-likeness (QED) is 0.294. The van der Waals surface area contributed by atoms with Gasteiger partial charge in [0.2, 0.25) is 6.29 Å². The molecule has 0 aliphatic carbocycles. The van der Waals surface area contributed by atoms with E-state index in [0.29, 0.717) is 12.5 Å². The minimum atomic E-state index is -0.691. The van der Waals surface area contributed by atoms with Crippen LogP contribution in [0.3, 0.4) is 0 Å². The topological polar surface area (TPSA) is 38.7 Å². The fourth-order valence-corrected chi connectivity index (χ4v) is 0.548. The molecule has 62 valence electrons. The van der Waals surface area contributed by atoms with Crippen LogP contribution in [-0.4, -0.2) is 24.0 Å². The van der Waals surface area contributed by atoms with Crippen LogP contribution in [-0.2, 0) is 9.62 Å². The molecular formula is C6H13ClO3. The third-order valence-corrected chi connectivity index (χ3v) is 1.11. The fourth-order valence-electron chi connectivity index (χ4n) is 0.403. The largest absolute Gasteiger partial charge is 0.348 e. The Kier molecular flexibility index (Phi) is 6.02. The van der Waals surface area contributed by atoms with E-state index < -0.39 is 6.29 Å². The van der Waals surface area contributed by atoms with Crippen molar-refractivity contribution >= 4 is 11.6 Å². The van der Waals surface area contributed by atoms with Crippen molar-refractivity contribution in [1.29, 1.82) is 0 Å². The molecule has 0 saturated carbocycles. The van der Waals surface area contributed by atoms with Crippen LogP contribution in [0.15, 0.2) is 0 Å². The maximum atomic E-state index is 8.13. The zero-order valence-electron chi connectivity index (χ0n) is 6.21. The molecular weight excluding hydrogens is 156 g/mol. The van der Waals surface area contributed by atoms with Gasteiger partial charge < -0.3 is 4.74 Å². The maximum absolute atomic E-state index is 8.13. The van der Waals surface area contributed by atoms with Crippen molar-refractivity contribution in [3.63, 3.8) is 0 Å². The summed E-state index contributed by atoms with van der Waals surface area (Å²) in [5.41, 5.74) is 0. The second-order valence-electron chi connectivity index (χ2n) is 2.42. The van der Waals surface area contributed by atoms with E-state index >= 15 is 0 Å². The molecule has 0 fully saturated rings. The maximum Gasteiger partial charge on any atom is 0.204 e. The summed E-state index contributed by atoms with van der Waals surface area (Å²) in [6, 6.07) is 0. The van der Waals surface area contributed by atoms with Crippen LogP contribution < -0.4 is 0 Å². The number of halogens is 1. The lowest BCUT2D eigenvalue weighted by Crippen LogP contribution is -2.19. The summed E-state index contributed by atoms with van der Waals surface area (Å²) in [5.74, 6) is 0.560. The van der Waals surface area contributed by atoms with E-state index in [1.165, 1.54) is 0 Å². The van der Waals surface area contributed by atoms with Crippen LogP contribution in [0.5, 0.6) is 0 Å². The molecule has 1 atom stereocenters. The third-order valence-electron chi connectivity index (χ3n) is 0.859. The van der Waals surface area contributed by atoms with Crippen molar-refractivity contribution in [2.75, 3.05) is 12.5 Å². The van der Waals surface area contributed by atoms with Crippen molar-refractivity contribution in [1.82, 2.24) is 0 Å². The monoisotopic (exact) mass is 168 g/mol. The molecule has 4 heteroatoms. The Balaban J connectivity index is 3.26. The molecule has 0 aromatic heterocycles. The molecule has 0 heterocycles. The summed E-state index contributed by atoms with van der Waals surface area (Å²) >= 11 is 5.34. The minimum absolute atomic E-state index is 0.142.